The van der Waals surface area contributed by atoms with E-state index in [-0.39, 0.29) is 11.9 Å². The summed E-state index contributed by atoms with van der Waals surface area (Å²) in [5, 5.41) is 18.1. The zero-order valence-electron chi connectivity index (χ0n) is 9.21. The molecule has 0 aliphatic carbocycles. The minimum atomic E-state index is -0.602. The summed E-state index contributed by atoms with van der Waals surface area (Å²) in [6.45, 7) is 6.09. The maximum Gasteiger partial charge on any atom is 0.409 e. The second kappa shape index (κ2) is 4.32. The van der Waals surface area contributed by atoms with Gasteiger partial charge in [-0.05, 0) is 20.8 Å². The molecule has 1 N–H and O–H groups in total. The van der Waals surface area contributed by atoms with E-state index >= 15 is 0 Å². The van der Waals surface area contributed by atoms with Gasteiger partial charge in [0.2, 0.25) is 5.39 Å². The maximum absolute atomic E-state index is 9.70. The molecule has 0 bridgehead atoms. The molecule has 0 spiro atoms. The molecule has 0 aromatic carbocycles. The average Bonchev–Trinajstić information content (AvgIpc) is 2.43. The van der Waals surface area contributed by atoms with E-state index in [0.717, 1.165) is 6.20 Å². The second-order valence-electron chi connectivity index (χ2n) is 3.82. The van der Waals surface area contributed by atoms with Crippen molar-refractivity contribution in [2.75, 3.05) is 6.61 Å². The fourth-order valence-corrected chi connectivity index (χ4v) is 1.76. The van der Waals surface area contributed by atoms with Gasteiger partial charge in [-0.25, -0.2) is 0 Å². The van der Waals surface area contributed by atoms with Gasteiger partial charge >= 0.3 is 6.20 Å². The van der Waals surface area contributed by atoms with Crippen LogP contribution >= 0.6 is 0 Å². The van der Waals surface area contributed by atoms with Crippen molar-refractivity contribution in [2.24, 2.45) is 0 Å². The highest BCUT2D eigenvalue weighted by atomic mass is 16.5. The number of nitrogens with zero attached hydrogens (tertiary/aromatic N) is 3. The summed E-state index contributed by atoms with van der Waals surface area (Å²) < 4.78 is 5.54. The first-order valence-corrected chi connectivity index (χ1v) is 4.82. The van der Waals surface area contributed by atoms with Crippen LogP contribution in [0.5, 0.6) is 0 Å². The van der Waals surface area contributed by atoms with Crippen molar-refractivity contribution in [3.8, 4) is 0 Å². The summed E-state index contributed by atoms with van der Waals surface area (Å²) in [5.74, 6) is -0.108. The standard InChI is InChI=1S/C10H15N3O2/c1-4-5-8-7-15-10(2,3)13(8)9(14)6-12-11/h4-6,8H,7H2,1-3H3/p+1/b5-4-,9-6-/t8-/m0/s1. The molecule has 1 heterocycles. The summed E-state index contributed by atoms with van der Waals surface area (Å²) in [7, 11) is 0. The van der Waals surface area contributed by atoms with E-state index in [1.807, 2.05) is 32.9 Å². The van der Waals surface area contributed by atoms with Gasteiger partial charge in [-0.15, -0.1) is 0 Å². The normalized spacial score (nSPS) is 25.9. The Morgan fingerprint density at radius 3 is 2.87 bits per heavy atom. The first kappa shape index (κ1) is 11.5. The molecule has 0 aromatic heterocycles. The van der Waals surface area contributed by atoms with E-state index in [0.29, 0.717) is 6.61 Å². The Morgan fingerprint density at radius 1 is 1.67 bits per heavy atom. The van der Waals surface area contributed by atoms with Gasteiger partial charge in [0.05, 0.1) is 12.6 Å². The van der Waals surface area contributed by atoms with Crippen molar-refractivity contribution in [3.05, 3.63) is 29.2 Å². The molecule has 1 rings (SSSR count). The van der Waals surface area contributed by atoms with Gasteiger partial charge in [0.25, 0.3) is 5.88 Å². The zero-order valence-corrected chi connectivity index (χ0v) is 9.21. The summed E-state index contributed by atoms with van der Waals surface area (Å²) in [6, 6.07) is -0.0389. The minimum Gasteiger partial charge on any atom is -0.489 e. The number of aliphatic hydroxyl groups is 1. The van der Waals surface area contributed by atoms with Crippen molar-refractivity contribution < 1.29 is 9.84 Å². The van der Waals surface area contributed by atoms with Crippen LogP contribution in [0.25, 0.3) is 4.98 Å². The lowest BCUT2D eigenvalue weighted by atomic mass is 10.2. The van der Waals surface area contributed by atoms with Gasteiger partial charge in [-0.2, -0.15) is 0 Å². The SMILES string of the molecule is C/C=C\[C@H]1COC(C)(C)N1/C(O)=C/[N+]#N. The van der Waals surface area contributed by atoms with E-state index in [1.54, 1.807) is 4.90 Å². The molecule has 82 valence electrons. The van der Waals surface area contributed by atoms with Crippen LogP contribution in [0.2, 0.25) is 0 Å². The molecular weight excluding hydrogens is 194 g/mol. The van der Waals surface area contributed by atoms with Gasteiger partial charge in [-0.1, -0.05) is 12.2 Å². The zero-order chi connectivity index (χ0) is 11.5. The van der Waals surface area contributed by atoms with Crippen LogP contribution < -0.4 is 0 Å². The number of diazo groups is 1. The van der Waals surface area contributed by atoms with Gasteiger partial charge in [0, 0.05) is 0 Å². The first-order valence-electron chi connectivity index (χ1n) is 4.82. The molecule has 0 radical (unpaired) electrons. The second-order valence-corrected chi connectivity index (χ2v) is 3.82. The third-order valence-electron chi connectivity index (χ3n) is 2.35. The Kier molecular flexibility index (Phi) is 3.32. The van der Waals surface area contributed by atoms with Crippen LogP contribution in [0.4, 0.5) is 0 Å². The third kappa shape index (κ3) is 2.28. The number of hydrogen-bond acceptors (Lipinski definition) is 4. The van der Waals surface area contributed by atoms with E-state index < -0.39 is 5.72 Å². The molecule has 0 aromatic rings. The number of aliphatic hydroxyl groups excluding tert-OH is 1. The Morgan fingerprint density at radius 2 is 2.33 bits per heavy atom. The number of allylic oxidation sites excluding steroid dienone is 1. The lowest BCUT2D eigenvalue weighted by molar-refractivity contribution is -0.0538. The van der Waals surface area contributed by atoms with E-state index in [2.05, 4.69) is 4.98 Å². The summed E-state index contributed by atoms with van der Waals surface area (Å²) in [5.41, 5.74) is -0.602. The van der Waals surface area contributed by atoms with Crippen LogP contribution in [0.15, 0.2) is 24.2 Å². The van der Waals surface area contributed by atoms with Crippen molar-refractivity contribution in [1.29, 1.82) is 5.39 Å². The highest BCUT2D eigenvalue weighted by Crippen LogP contribution is 2.30. The Labute approximate surface area is 89.3 Å². The molecule has 5 heteroatoms. The first-order chi connectivity index (χ1) is 7.03. The topological polar surface area (TPSA) is 60.9 Å². The lowest BCUT2D eigenvalue weighted by Crippen LogP contribution is -2.42. The van der Waals surface area contributed by atoms with Crippen LogP contribution in [-0.4, -0.2) is 28.4 Å². The largest absolute Gasteiger partial charge is 0.489 e. The van der Waals surface area contributed by atoms with Crippen LogP contribution in [0.1, 0.15) is 20.8 Å². The van der Waals surface area contributed by atoms with Gasteiger partial charge < -0.3 is 14.7 Å². The monoisotopic (exact) mass is 210 g/mol. The molecule has 1 aliphatic heterocycles. The molecule has 1 saturated heterocycles. The summed E-state index contributed by atoms with van der Waals surface area (Å²) >= 11 is 0. The fourth-order valence-electron chi connectivity index (χ4n) is 1.76. The molecule has 0 amide bonds. The summed E-state index contributed by atoms with van der Waals surface area (Å²) in [6.07, 6.45) is 4.81. The highest BCUT2D eigenvalue weighted by Gasteiger charge is 2.42. The van der Waals surface area contributed by atoms with Gasteiger partial charge in [-0.3, -0.25) is 0 Å². The highest BCUT2D eigenvalue weighted by molar-refractivity contribution is 5.09. The van der Waals surface area contributed by atoms with Crippen LogP contribution in [-0.2, 0) is 4.74 Å². The predicted molar refractivity (Wildman–Crippen MR) is 56.3 cm³/mol. The number of ether oxygens (including phenoxy) is 1. The summed E-state index contributed by atoms with van der Waals surface area (Å²) in [4.78, 5) is 4.47. The molecule has 1 fully saturated rings. The van der Waals surface area contributed by atoms with E-state index in [4.69, 9.17) is 10.1 Å². The Hall–Kier alpha value is -1.54. The number of rotatable bonds is 2. The van der Waals surface area contributed by atoms with E-state index in [1.165, 1.54) is 0 Å². The van der Waals surface area contributed by atoms with Crippen molar-refractivity contribution in [2.45, 2.75) is 32.5 Å². The lowest BCUT2D eigenvalue weighted by Gasteiger charge is -2.31. The fraction of sp³-hybridized carbons (Fsp3) is 0.600. The Balaban J connectivity index is 2.98. The molecule has 1 aliphatic rings. The predicted octanol–water partition coefficient (Wildman–Crippen LogP) is 2.21. The van der Waals surface area contributed by atoms with Crippen molar-refractivity contribution in [1.82, 2.24) is 4.90 Å². The smallest absolute Gasteiger partial charge is 0.409 e. The Bertz CT molecular complexity index is 328. The van der Waals surface area contributed by atoms with Crippen molar-refractivity contribution in [3.63, 3.8) is 0 Å². The van der Waals surface area contributed by atoms with Crippen molar-refractivity contribution >= 4 is 0 Å². The third-order valence-corrected chi connectivity index (χ3v) is 2.35. The molecule has 15 heavy (non-hydrogen) atoms. The van der Waals surface area contributed by atoms with Gasteiger partial charge in [0.15, 0.2) is 4.98 Å². The number of hydrogen-bond donors (Lipinski definition) is 1. The van der Waals surface area contributed by atoms with Crippen LogP contribution in [0.3, 0.4) is 0 Å². The molecule has 5 nitrogen and oxygen atoms in total. The molecular formula is C10H16N3O2+. The van der Waals surface area contributed by atoms with E-state index in [9.17, 15) is 5.11 Å². The van der Waals surface area contributed by atoms with Gasteiger partial charge in [0.1, 0.15) is 5.72 Å². The molecule has 1 atom stereocenters. The molecule has 0 saturated carbocycles. The van der Waals surface area contributed by atoms with Crippen LogP contribution in [0, 0.1) is 5.39 Å². The quantitative estimate of drug-likeness (QED) is 0.431. The maximum atomic E-state index is 9.70. The average molecular weight is 210 g/mol. The molecule has 0 unspecified atom stereocenters. The minimum absolute atomic E-state index is 0.0389.